The predicted molar refractivity (Wildman–Crippen MR) is 256 cm³/mol. The number of benzene rings is 10. The van der Waals surface area contributed by atoms with Crippen LogP contribution in [0, 0.1) is 0 Å². The molecule has 12 rings (SSSR count). The van der Waals surface area contributed by atoms with Crippen molar-refractivity contribution < 1.29 is 0 Å². The molecule has 2 heteroatoms. The maximum Gasteiger partial charge on any atom is 0.0714 e. The summed E-state index contributed by atoms with van der Waals surface area (Å²) in [5, 5.41) is 4.93. The van der Waals surface area contributed by atoms with E-state index in [1.165, 1.54) is 77.1 Å². The van der Waals surface area contributed by atoms with Crippen LogP contribution in [-0.2, 0) is 5.41 Å². The summed E-state index contributed by atoms with van der Waals surface area (Å²) in [5.41, 5.74) is 16.3. The number of aromatic nitrogens is 1. The van der Waals surface area contributed by atoms with Crippen LogP contribution >= 0.6 is 0 Å². The van der Waals surface area contributed by atoms with Gasteiger partial charge in [-0.3, -0.25) is 0 Å². The highest BCUT2D eigenvalue weighted by Crippen LogP contribution is 2.58. The molecule has 1 aliphatic rings. The van der Waals surface area contributed by atoms with Crippen molar-refractivity contribution in [2.75, 3.05) is 4.90 Å². The molecule has 0 bridgehead atoms. The molecule has 1 heterocycles. The molecule has 286 valence electrons. The van der Waals surface area contributed by atoms with Gasteiger partial charge in [0.1, 0.15) is 0 Å². The molecular weight excluding hydrogens is 737 g/mol. The molecule has 0 fully saturated rings. The van der Waals surface area contributed by atoms with Crippen LogP contribution in [0.2, 0.25) is 0 Å². The zero-order valence-corrected chi connectivity index (χ0v) is 33.5. The van der Waals surface area contributed by atoms with Crippen molar-refractivity contribution in [3.8, 4) is 27.9 Å². The Hall–Kier alpha value is -7.94. The zero-order valence-electron chi connectivity index (χ0n) is 33.5. The van der Waals surface area contributed by atoms with Crippen molar-refractivity contribution in [2.24, 2.45) is 0 Å². The molecule has 1 aliphatic carbocycles. The van der Waals surface area contributed by atoms with Crippen molar-refractivity contribution in [3.63, 3.8) is 0 Å². The number of hydrogen-bond donors (Lipinski definition) is 0. The number of hydrogen-bond acceptors (Lipinski definition) is 1. The zero-order chi connectivity index (χ0) is 40.3. The van der Waals surface area contributed by atoms with Gasteiger partial charge in [-0.15, -0.1) is 0 Å². The van der Waals surface area contributed by atoms with E-state index in [9.17, 15) is 0 Å². The number of anilines is 3. The average Bonchev–Trinajstić information content (AvgIpc) is 3.82. The smallest absolute Gasteiger partial charge is 0.0714 e. The third-order valence-corrected chi connectivity index (χ3v) is 12.8. The summed E-state index contributed by atoms with van der Waals surface area (Å²) >= 11 is 0. The van der Waals surface area contributed by atoms with E-state index in [0.717, 1.165) is 22.7 Å². The third-order valence-electron chi connectivity index (χ3n) is 12.8. The van der Waals surface area contributed by atoms with Crippen molar-refractivity contribution in [3.05, 3.63) is 265 Å². The summed E-state index contributed by atoms with van der Waals surface area (Å²) in [6.45, 7) is 0. The first-order chi connectivity index (χ1) is 30.3. The van der Waals surface area contributed by atoms with Gasteiger partial charge in [0.15, 0.2) is 0 Å². The van der Waals surface area contributed by atoms with Crippen molar-refractivity contribution >= 4 is 49.6 Å². The topological polar surface area (TPSA) is 8.17 Å². The molecule has 10 aromatic carbocycles. The molecule has 0 saturated carbocycles. The van der Waals surface area contributed by atoms with Gasteiger partial charge in [-0.2, -0.15) is 0 Å². The van der Waals surface area contributed by atoms with E-state index in [0.29, 0.717) is 0 Å². The number of rotatable bonds is 7. The Morgan fingerprint density at radius 1 is 0.328 bits per heavy atom. The number of nitrogens with zero attached hydrogens (tertiary/aromatic N) is 2. The molecule has 0 aliphatic heterocycles. The van der Waals surface area contributed by atoms with Crippen LogP contribution < -0.4 is 4.90 Å². The SMILES string of the molecule is c1ccc(-c2ccc(N(c3ccc4c(c3)C(c3ccccc3)(c3ccccc3)c3cc5ccccc5cc3-4)c3ccc4c(c3)c3ccccc3n4-c3ccccc3)cc2)cc1. The second kappa shape index (κ2) is 14.1. The Morgan fingerprint density at radius 2 is 0.836 bits per heavy atom. The summed E-state index contributed by atoms with van der Waals surface area (Å²) in [7, 11) is 0. The van der Waals surface area contributed by atoms with E-state index in [-0.39, 0.29) is 0 Å². The largest absolute Gasteiger partial charge is 0.310 e. The van der Waals surface area contributed by atoms with Gasteiger partial charge >= 0.3 is 0 Å². The lowest BCUT2D eigenvalue weighted by Crippen LogP contribution is -2.28. The molecule has 0 atom stereocenters. The van der Waals surface area contributed by atoms with Gasteiger partial charge in [0.2, 0.25) is 0 Å². The van der Waals surface area contributed by atoms with E-state index < -0.39 is 5.41 Å². The van der Waals surface area contributed by atoms with Gasteiger partial charge in [0.05, 0.1) is 16.4 Å². The van der Waals surface area contributed by atoms with E-state index >= 15 is 0 Å². The quantitative estimate of drug-likeness (QED) is 0.156. The molecule has 11 aromatic rings. The van der Waals surface area contributed by atoms with E-state index in [2.05, 4.69) is 252 Å². The molecule has 0 amide bonds. The lowest BCUT2D eigenvalue weighted by atomic mass is 9.67. The Kier molecular flexibility index (Phi) is 8.11. The minimum absolute atomic E-state index is 0.552. The first-order valence-corrected chi connectivity index (χ1v) is 21.1. The van der Waals surface area contributed by atoms with E-state index in [1.807, 2.05) is 0 Å². The van der Waals surface area contributed by atoms with E-state index in [4.69, 9.17) is 0 Å². The molecule has 0 radical (unpaired) electrons. The minimum Gasteiger partial charge on any atom is -0.310 e. The van der Waals surface area contributed by atoms with Gasteiger partial charge in [-0.25, -0.2) is 0 Å². The summed E-state index contributed by atoms with van der Waals surface area (Å²) in [6, 6.07) is 89.2. The standard InChI is InChI=1S/C59H40N2/c1-5-17-41(18-6-1)42-29-31-48(32-30-42)60(49-34-36-58-54(39-49)52-27-15-16-28-57(52)61(58)47-25-11-4-12-26-47)50-33-35-51-53-37-43-19-13-14-20-44(43)38-55(53)59(56(51)40-50,45-21-7-2-8-22-45)46-23-9-3-10-24-46/h1-40H. The Bertz CT molecular complexity index is 3350. The summed E-state index contributed by atoms with van der Waals surface area (Å²) in [5.74, 6) is 0. The maximum atomic E-state index is 2.47. The predicted octanol–water partition coefficient (Wildman–Crippen LogP) is 15.4. The van der Waals surface area contributed by atoms with Gasteiger partial charge in [-0.05, 0) is 128 Å². The molecule has 1 aromatic heterocycles. The van der Waals surface area contributed by atoms with Crippen LogP contribution in [0.15, 0.2) is 243 Å². The molecule has 61 heavy (non-hydrogen) atoms. The fraction of sp³-hybridized carbons (Fsp3) is 0.0169. The van der Waals surface area contributed by atoms with Gasteiger partial charge in [-0.1, -0.05) is 170 Å². The Morgan fingerprint density at radius 3 is 1.54 bits per heavy atom. The molecule has 0 saturated heterocycles. The lowest BCUT2D eigenvalue weighted by molar-refractivity contribution is 0.769. The highest BCUT2D eigenvalue weighted by molar-refractivity contribution is 6.11. The van der Waals surface area contributed by atoms with Crippen molar-refractivity contribution in [1.29, 1.82) is 0 Å². The van der Waals surface area contributed by atoms with Crippen LogP contribution in [0.3, 0.4) is 0 Å². The highest BCUT2D eigenvalue weighted by Gasteiger charge is 2.46. The summed E-state index contributed by atoms with van der Waals surface area (Å²) in [4.78, 5) is 2.45. The number of para-hydroxylation sites is 2. The van der Waals surface area contributed by atoms with Crippen LogP contribution in [0.4, 0.5) is 17.1 Å². The summed E-state index contributed by atoms with van der Waals surface area (Å²) < 4.78 is 2.39. The monoisotopic (exact) mass is 776 g/mol. The van der Waals surface area contributed by atoms with Crippen LogP contribution in [-0.4, -0.2) is 4.57 Å². The Balaban J connectivity index is 1.13. The van der Waals surface area contributed by atoms with Crippen molar-refractivity contribution in [1.82, 2.24) is 4.57 Å². The fourth-order valence-corrected chi connectivity index (χ4v) is 10.1. The van der Waals surface area contributed by atoms with Crippen LogP contribution in [0.25, 0.3) is 60.5 Å². The molecule has 0 N–H and O–H groups in total. The molecule has 0 spiro atoms. The highest BCUT2D eigenvalue weighted by atomic mass is 15.1. The molecule has 2 nitrogen and oxygen atoms in total. The first kappa shape index (κ1) is 35.0. The van der Waals surface area contributed by atoms with Gasteiger partial charge < -0.3 is 9.47 Å². The summed E-state index contributed by atoms with van der Waals surface area (Å²) in [6.07, 6.45) is 0. The van der Waals surface area contributed by atoms with Crippen molar-refractivity contribution in [2.45, 2.75) is 5.41 Å². The van der Waals surface area contributed by atoms with Crippen LogP contribution in [0.5, 0.6) is 0 Å². The van der Waals surface area contributed by atoms with Crippen LogP contribution in [0.1, 0.15) is 22.3 Å². The Labute approximate surface area is 355 Å². The fourth-order valence-electron chi connectivity index (χ4n) is 10.1. The second-order valence-electron chi connectivity index (χ2n) is 16.1. The second-order valence-corrected chi connectivity index (χ2v) is 16.1. The van der Waals surface area contributed by atoms with Gasteiger partial charge in [0.25, 0.3) is 0 Å². The number of fused-ring (bicyclic) bond motifs is 7. The minimum atomic E-state index is -0.552. The average molecular weight is 777 g/mol. The van der Waals surface area contributed by atoms with Gasteiger partial charge in [0, 0.05) is 33.5 Å². The third kappa shape index (κ3) is 5.50. The van der Waals surface area contributed by atoms with E-state index in [1.54, 1.807) is 0 Å². The first-order valence-electron chi connectivity index (χ1n) is 21.1. The lowest BCUT2D eigenvalue weighted by Gasteiger charge is -2.35. The normalized spacial score (nSPS) is 12.7. The maximum absolute atomic E-state index is 2.47. The molecule has 0 unspecified atom stereocenters. The molecular formula is C59H40N2.